The first-order valence-electron chi connectivity index (χ1n) is 23.9. The first kappa shape index (κ1) is 41.6. The lowest BCUT2D eigenvalue weighted by atomic mass is 10.0. The zero-order chi connectivity index (χ0) is 46.4. The van der Waals surface area contributed by atoms with E-state index in [4.69, 9.17) is 4.42 Å². The van der Waals surface area contributed by atoms with Crippen molar-refractivity contribution in [2.45, 2.75) is 0 Å². The molecule has 4 heteroatoms. The van der Waals surface area contributed by atoms with Crippen LogP contribution in [-0.2, 0) is 0 Å². The molecular formula is C66H45NOSSi. The van der Waals surface area contributed by atoms with Gasteiger partial charge in [0, 0.05) is 48.0 Å². The van der Waals surface area contributed by atoms with Gasteiger partial charge in [-0.25, -0.2) is 0 Å². The number of thiophene rings is 1. The number of fused-ring (bicyclic) bond motifs is 6. The fourth-order valence-corrected chi connectivity index (χ4v) is 16.5. The number of hydrogen-bond donors (Lipinski definition) is 0. The molecule has 0 aliphatic carbocycles. The summed E-state index contributed by atoms with van der Waals surface area (Å²) < 4.78 is 8.92. The van der Waals surface area contributed by atoms with Gasteiger partial charge in [-0.2, -0.15) is 0 Å². The minimum absolute atomic E-state index is 0.899. The van der Waals surface area contributed by atoms with Crippen molar-refractivity contribution in [2.75, 3.05) is 4.90 Å². The Bertz CT molecular complexity index is 3860. The van der Waals surface area contributed by atoms with Crippen LogP contribution in [0.25, 0.3) is 75.5 Å². The van der Waals surface area contributed by atoms with Gasteiger partial charge in [-0.1, -0.05) is 200 Å². The second-order valence-electron chi connectivity index (χ2n) is 18.0. The van der Waals surface area contributed by atoms with E-state index in [0.29, 0.717) is 0 Å². The number of benzene rings is 11. The molecule has 2 aromatic heterocycles. The van der Waals surface area contributed by atoms with Gasteiger partial charge in [-0.05, 0) is 127 Å². The maximum absolute atomic E-state index is 6.28. The van der Waals surface area contributed by atoms with E-state index >= 15 is 0 Å². The molecule has 0 saturated carbocycles. The molecular weight excluding hydrogens is 883 g/mol. The van der Waals surface area contributed by atoms with Crippen LogP contribution in [0, 0.1) is 0 Å². The third kappa shape index (κ3) is 7.25. The van der Waals surface area contributed by atoms with Crippen molar-refractivity contribution in [3.05, 3.63) is 273 Å². The lowest BCUT2D eigenvalue weighted by molar-refractivity contribution is 0.669. The second kappa shape index (κ2) is 17.5. The van der Waals surface area contributed by atoms with Gasteiger partial charge in [0.15, 0.2) is 8.07 Å². The molecule has 2 heterocycles. The van der Waals surface area contributed by atoms with Crippen LogP contribution in [0.2, 0.25) is 0 Å². The van der Waals surface area contributed by atoms with Crippen LogP contribution in [0.1, 0.15) is 0 Å². The van der Waals surface area contributed by atoms with Crippen molar-refractivity contribution in [2.24, 2.45) is 0 Å². The van der Waals surface area contributed by atoms with Crippen molar-refractivity contribution >= 4 is 99.3 Å². The summed E-state index contributed by atoms with van der Waals surface area (Å²) in [4.78, 5) is 2.36. The number of anilines is 3. The van der Waals surface area contributed by atoms with E-state index in [0.717, 1.165) is 50.1 Å². The Hall–Kier alpha value is -8.54. The molecule has 2 nitrogen and oxygen atoms in total. The Morgan fingerprint density at radius 3 is 1.21 bits per heavy atom. The largest absolute Gasteiger partial charge is 0.456 e. The predicted octanol–water partition coefficient (Wildman–Crippen LogP) is 15.8. The van der Waals surface area contributed by atoms with Gasteiger partial charge >= 0.3 is 0 Å². The first-order valence-corrected chi connectivity index (χ1v) is 26.7. The van der Waals surface area contributed by atoms with E-state index in [-0.39, 0.29) is 0 Å². The molecule has 0 unspecified atom stereocenters. The second-order valence-corrected chi connectivity index (χ2v) is 22.9. The fourth-order valence-electron chi connectivity index (χ4n) is 10.6. The van der Waals surface area contributed by atoms with E-state index < -0.39 is 8.07 Å². The maximum atomic E-state index is 6.28. The summed E-state index contributed by atoms with van der Waals surface area (Å²) >= 11 is 1.86. The van der Waals surface area contributed by atoms with Crippen LogP contribution in [0.3, 0.4) is 0 Å². The molecule has 0 fully saturated rings. The summed E-state index contributed by atoms with van der Waals surface area (Å²) in [5, 5.41) is 10.4. The van der Waals surface area contributed by atoms with E-state index in [1.807, 2.05) is 23.5 Å². The molecule has 11 aromatic carbocycles. The summed E-state index contributed by atoms with van der Waals surface area (Å²) in [5.74, 6) is 0. The molecule has 0 saturated heterocycles. The van der Waals surface area contributed by atoms with Crippen molar-refractivity contribution in [1.29, 1.82) is 0 Å². The quantitative estimate of drug-likeness (QED) is 0.100. The highest BCUT2D eigenvalue weighted by molar-refractivity contribution is 7.25. The van der Waals surface area contributed by atoms with Crippen molar-refractivity contribution in [3.63, 3.8) is 0 Å². The maximum Gasteiger partial charge on any atom is 0.179 e. The number of rotatable bonds is 10. The van der Waals surface area contributed by atoms with Crippen LogP contribution >= 0.6 is 11.3 Å². The summed E-state index contributed by atoms with van der Waals surface area (Å²) in [6.07, 6.45) is 0. The molecule has 330 valence electrons. The monoisotopic (exact) mass is 927 g/mol. The van der Waals surface area contributed by atoms with Crippen LogP contribution in [0.4, 0.5) is 17.1 Å². The number of furan rings is 1. The zero-order valence-electron chi connectivity index (χ0n) is 38.2. The Labute approximate surface area is 412 Å². The van der Waals surface area contributed by atoms with Crippen LogP contribution < -0.4 is 25.6 Å². The van der Waals surface area contributed by atoms with Crippen LogP contribution in [0.15, 0.2) is 277 Å². The molecule has 0 atom stereocenters. The smallest absolute Gasteiger partial charge is 0.179 e. The number of nitrogens with zero attached hydrogens (tertiary/aromatic N) is 1. The van der Waals surface area contributed by atoms with Gasteiger partial charge in [0.1, 0.15) is 11.2 Å². The molecule has 0 radical (unpaired) electrons. The first-order chi connectivity index (χ1) is 34.7. The van der Waals surface area contributed by atoms with Gasteiger partial charge in [-0.15, -0.1) is 11.3 Å². The highest BCUT2D eigenvalue weighted by Gasteiger charge is 2.41. The topological polar surface area (TPSA) is 16.4 Å². The summed E-state index contributed by atoms with van der Waals surface area (Å²) in [6.45, 7) is 0. The third-order valence-corrected chi connectivity index (χ3v) is 20.0. The zero-order valence-corrected chi connectivity index (χ0v) is 40.1. The molecule has 0 aliphatic heterocycles. The Morgan fingerprint density at radius 1 is 0.271 bits per heavy atom. The lowest BCUT2D eigenvalue weighted by Crippen LogP contribution is -2.74. The van der Waals surface area contributed by atoms with Crippen LogP contribution in [0.5, 0.6) is 0 Å². The SMILES string of the molecule is c1ccc([Si](c2ccccc2)(c2ccccc2)c2ccc(-c3ccc(N(c4ccc(-c5ccc6c(c5)oc5ccccc56)cc4)c4ccc(-c5ccc6sc7ccccc7c6c5)cc4)cc3)cc2)cc1. The highest BCUT2D eigenvalue weighted by Crippen LogP contribution is 2.40. The molecule has 0 bridgehead atoms. The summed E-state index contributed by atoms with van der Waals surface area (Å²) in [7, 11) is -2.63. The Kier molecular flexibility index (Phi) is 10.4. The predicted molar refractivity (Wildman–Crippen MR) is 301 cm³/mol. The highest BCUT2D eigenvalue weighted by atomic mass is 32.1. The van der Waals surface area contributed by atoms with Crippen molar-refractivity contribution < 1.29 is 4.42 Å². The molecule has 13 rings (SSSR count). The van der Waals surface area contributed by atoms with Gasteiger partial charge < -0.3 is 9.32 Å². The molecule has 70 heavy (non-hydrogen) atoms. The van der Waals surface area contributed by atoms with E-state index in [1.54, 1.807) is 0 Å². The van der Waals surface area contributed by atoms with E-state index in [1.165, 1.54) is 63.2 Å². The summed E-state index contributed by atoms with van der Waals surface area (Å²) in [5.41, 5.74) is 12.1. The van der Waals surface area contributed by atoms with E-state index in [2.05, 4.69) is 266 Å². The molecule has 0 amide bonds. The minimum Gasteiger partial charge on any atom is -0.456 e. The summed E-state index contributed by atoms with van der Waals surface area (Å²) in [6, 6.07) is 100. The van der Waals surface area contributed by atoms with Crippen LogP contribution in [-0.4, -0.2) is 8.07 Å². The van der Waals surface area contributed by atoms with Gasteiger partial charge in [0.25, 0.3) is 0 Å². The lowest BCUT2D eigenvalue weighted by Gasteiger charge is -2.34. The Morgan fingerprint density at radius 2 is 0.657 bits per heavy atom. The molecule has 13 aromatic rings. The average Bonchev–Trinajstić information content (AvgIpc) is 4.01. The van der Waals surface area contributed by atoms with Gasteiger partial charge in [0.2, 0.25) is 0 Å². The van der Waals surface area contributed by atoms with Gasteiger partial charge in [0.05, 0.1) is 0 Å². The third-order valence-electron chi connectivity index (χ3n) is 14.1. The molecule has 0 spiro atoms. The minimum atomic E-state index is -2.63. The molecule has 0 N–H and O–H groups in total. The van der Waals surface area contributed by atoms with Crippen molar-refractivity contribution in [1.82, 2.24) is 0 Å². The number of hydrogen-bond acceptors (Lipinski definition) is 3. The standard InChI is InChI=1S/C66H45NOSSi/c1-4-14-55(15-5-1)70(56-16-6-2-7-17-56,57-18-8-3-9-19-57)58-40-30-47(31-41-58)46-24-34-52(35-25-46)67(53-36-26-48(27-37-53)50-33-43-66-62(44-50)61-21-11-13-23-65(61)69-66)54-38-28-49(29-39-54)51-32-42-60-59-20-10-12-22-63(59)68-64(60)45-51/h1-45H. The average molecular weight is 928 g/mol. The van der Waals surface area contributed by atoms with Gasteiger partial charge in [-0.3, -0.25) is 0 Å². The van der Waals surface area contributed by atoms with Crippen molar-refractivity contribution in [3.8, 4) is 33.4 Å². The Balaban J connectivity index is 0.862. The fraction of sp³-hybridized carbons (Fsp3) is 0. The number of para-hydroxylation sites is 1. The normalized spacial score (nSPS) is 11.7. The molecule has 0 aliphatic rings. The van der Waals surface area contributed by atoms with E-state index in [9.17, 15) is 0 Å².